The van der Waals surface area contributed by atoms with Gasteiger partial charge in [0, 0.05) is 30.2 Å². The molecule has 0 aliphatic heterocycles. The molecular weight excluding hydrogens is 382 g/mol. The van der Waals surface area contributed by atoms with Crippen LogP contribution in [0.15, 0.2) is 47.6 Å². The third-order valence-electron chi connectivity index (χ3n) is 5.30. The predicted octanol–water partition coefficient (Wildman–Crippen LogP) is 4.89. The van der Waals surface area contributed by atoms with Crippen molar-refractivity contribution >= 4 is 15.7 Å². The molecule has 2 aromatic rings. The van der Waals surface area contributed by atoms with Crippen LogP contribution in [0.25, 0.3) is 0 Å². The molecule has 1 aromatic carbocycles. The second-order valence-corrected chi connectivity index (χ2v) is 10.8. The highest BCUT2D eigenvalue weighted by atomic mass is 32.2. The minimum Gasteiger partial charge on any atom is -0.381 e. The van der Waals surface area contributed by atoms with Crippen LogP contribution in [-0.2, 0) is 23.0 Å². The summed E-state index contributed by atoms with van der Waals surface area (Å²) >= 11 is 0. The predicted molar refractivity (Wildman–Crippen MR) is 118 cm³/mol. The Hall–Kier alpha value is -1.92. The molecule has 1 aliphatic carbocycles. The Bertz CT molecular complexity index is 899. The molecule has 29 heavy (non-hydrogen) atoms. The highest BCUT2D eigenvalue weighted by molar-refractivity contribution is 7.89. The summed E-state index contributed by atoms with van der Waals surface area (Å²) < 4.78 is 28.4. The summed E-state index contributed by atoms with van der Waals surface area (Å²) in [5.74, 6) is 0.681. The topological polar surface area (TPSA) is 71.1 Å². The molecule has 1 heterocycles. The molecule has 158 valence electrons. The van der Waals surface area contributed by atoms with Crippen molar-refractivity contribution in [1.29, 1.82) is 0 Å². The van der Waals surface area contributed by atoms with Crippen molar-refractivity contribution in [1.82, 2.24) is 9.71 Å². The normalized spacial score (nSPS) is 16.0. The molecule has 0 saturated heterocycles. The van der Waals surface area contributed by atoms with E-state index in [1.165, 1.54) is 37.7 Å². The van der Waals surface area contributed by atoms with Gasteiger partial charge >= 0.3 is 0 Å². The van der Waals surface area contributed by atoms with Gasteiger partial charge in [-0.25, -0.2) is 13.1 Å². The van der Waals surface area contributed by atoms with E-state index in [4.69, 9.17) is 0 Å². The Balaban J connectivity index is 1.86. The van der Waals surface area contributed by atoms with Crippen LogP contribution in [0.5, 0.6) is 0 Å². The third-order valence-corrected chi connectivity index (χ3v) is 7.05. The van der Waals surface area contributed by atoms with Gasteiger partial charge < -0.3 is 5.32 Å². The fourth-order valence-electron chi connectivity index (χ4n) is 3.93. The van der Waals surface area contributed by atoms with Crippen LogP contribution in [0.2, 0.25) is 0 Å². The fourth-order valence-corrected chi connectivity index (χ4v) is 5.37. The number of nitrogens with zero attached hydrogens (tertiary/aromatic N) is 1. The van der Waals surface area contributed by atoms with E-state index in [1.54, 1.807) is 24.5 Å². The number of aromatic nitrogens is 1. The van der Waals surface area contributed by atoms with Crippen LogP contribution in [0.3, 0.4) is 0 Å². The number of sulfonamides is 1. The average Bonchev–Trinajstić information content (AvgIpc) is 2.67. The molecule has 0 amide bonds. The van der Waals surface area contributed by atoms with E-state index in [2.05, 4.69) is 15.0 Å². The van der Waals surface area contributed by atoms with Crippen molar-refractivity contribution in [2.24, 2.45) is 5.92 Å². The largest absolute Gasteiger partial charge is 0.381 e. The third kappa shape index (κ3) is 6.54. The highest BCUT2D eigenvalue weighted by Crippen LogP contribution is 2.31. The summed E-state index contributed by atoms with van der Waals surface area (Å²) in [6.07, 6.45) is 11.0. The van der Waals surface area contributed by atoms with Crippen molar-refractivity contribution in [3.05, 3.63) is 53.9 Å². The lowest BCUT2D eigenvalue weighted by atomic mass is 9.84. The molecule has 0 unspecified atom stereocenters. The summed E-state index contributed by atoms with van der Waals surface area (Å²) in [4.78, 5) is 4.36. The summed E-state index contributed by atoms with van der Waals surface area (Å²) in [7, 11) is -3.57. The van der Waals surface area contributed by atoms with E-state index in [1.807, 2.05) is 39.0 Å². The molecule has 2 N–H and O–H groups in total. The fraction of sp³-hybridized carbons (Fsp3) is 0.522. The zero-order valence-corrected chi connectivity index (χ0v) is 18.6. The molecule has 1 aromatic heterocycles. The number of nitrogens with one attached hydrogen (secondary N) is 2. The van der Waals surface area contributed by atoms with Gasteiger partial charge in [-0.05, 0) is 68.5 Å². The smallest absolute Gasteiger partial charge is 0.241 e. The minimum atomic E-state index is -3.57. The molecule has 0 spiro atoms. The van der Waals surface area contributed by atoms with Crippen LogP contribution in [0, 0.1) is 5.92 Å². The van der Waals surface area contributed by atoms with Gasteiger partial charge in [0.05, 0.1) is 4.90 Å². The van der Waals surface area contributed by atoms with Gasteiger partial charge in [0.2, 0.25) is 10.0 Å². The lowest BCUT2D eigenvalue weighted by molar-refractivity contribution is 0.357. The van der Waals surface area contributed by atoms with Crippen molar-refractivity contribution in [3.63, 3.8) is 0 Å². The van der Waals surface area contributed by atoms with Crippen molar-refractivity contribution in [3.8, 4) is 0 Å². The zero-order valence-electron chi connectivity index (χ0n) is 17.7. The van der Waals surface area contributed by atoms with E-state index < -0.39 is 15.6 Å². The number of pyridine rings is 1. The second-order valence-electron chi connectivity index (χ2n) is 9.09. The Morgan fingerprint density at radius 2 is 1.72 bits per heavy atom. The monoisotopic (exact) mass is 415 g/mol. The van der Waals surface area contributed by atoms with Crippen LogP contribution in [-0.4, -0.2) is 18.9 Å². The Kier molecular flexibility index (Phi) is 6.96. The van der Waals surface area contributed by atoms with Gasteiger partial charge in [-0.1, -0.05) is 38.2 Å². The molecule has 3 rings (SSSR count). The van der Waals surface area contributed by atoms with Crippen LogP contribution < -0.4 is 10.0 Å². The molecular formula is C23H33N3O2S. The van der Waals surface area contributed by atoms with Gasteiger partial charge in [0.25, 0.3) is 0 Å². The summed E-state index contributed by atoms with van der Waals surface area (Å²) in [6.45, 7) is 6.19. The Morgan fingerprint density at radius 1 is 1.03 bits per heavy atom. The zero-order chi connectivity index (χ0) is 20.9. The standard InChI is InChI=1S/C23H33N3O2S/c1-23(2,3)26-29(27,28)21-10-9-20(15-18-7-5-4-6-8-18)22(16-21)25-17-19-11-13-24-14-12-19/h9-14,16,18,25-26H,4-8,15,17H2,1-3H3. The number of hydrogen-bond acceptors (Lipinski definition) is 4. The number of anilines is 1. The maximum Gasteiger partial charge on any atom is 0.241 e. The maximum absolute atomic E-state index is 12.8. The maximum atomic E-state index is 12.8. The minimum absolute atomic E-state index is 0.303. The summed E-state index contributed by atoms with van der Waals surface area (Å²) in [5.41, 5.74) is 2.69. The van der Waals surface area contributed by atoms with Gasteiger partial charge in [0.15, 0.2) is 0 Å². The van der Waals surface area contributed by atoms with Crippen LogP contribution >= 0.6 is 0 Å². The lowest BCUT2D eigenvalue weighted by Gasteiger charge is -2.24. The Labute approximate surface area is 175 Å². The molecule has 6 heteroatoms. The van der Waals surface area contributed by atoms with Gasteiger partial charge in [-0.15, -0.1) is 0 Å². The number of benzene rings is 1. The van der Waals surface area contributed by atoms with Crippen LogP contribution in [0.1, 0.15) is 64.0 Å². The first kappa shape index (κ1) is 21.8. The highest BCUT2D eigenvalue weighted by Gasteiger charge is 2.23. The first-order valence-electron chi connectivity index (χ1n) is 10.5. The van der Waals surface area contributed by atoms with Crippen molar-refractivity contribution in [2.45, 2.75) is 76.3 Å². The van der Waals surface area contributed by atoms with E-state index in [0.29, 0.717) is 17.4 Å². The number of rotatable bonds is 7. The molecule has 0 radical (unpaired) electrons. The van der Waals surface area contributed by atoms with E-state index in [0.717, 1.165) is 17.7 Å². The summed E-state index contributed by atoms with van der Waals surface area (Å²) in [5, 5.41) is 3.47. The first-order chi connectivity index (χ1) is 13.7. The Morgan fingerprint density at radius 3 is 2.38 bits per heavy atom. The molecule has 1 saturated carbocycles. The van der Waals surface area contributed by atoms with E-state index in [9.17, 15) is 8.42 Å². The van der Waals surface area contributed by atoms with Crippen LogP contribution in [0.4, 0.5) is 5.69 Å². The van der Waals surface area contributed by atoms with Crippen molar-refractivity contribution < 1.29 is 8.42 Å². The molecule has 0 bridgehead atoms. The lowest BCUT2D eigenvalue weighted by Crippen LogP contribution is -2.40. The summed E-state index contributed by atoms with van der Waals surface area (Å²) in [6, 6.07) is 9.45. The molecule has 5 nitrogen and oxygen atoms in total. The van der Waals surface area contributed by atoms with Gasteiger partial charge in [-0.3, -0.25) is 4.98 Å². The quantitative estimate of drug-likeness (QED) is 0.675. The average molecular weight is 416 g/mol. The number of hydrogen-bond donors (Lipinski definition) is 2. The van der Waals surface area contributed by atoms with E-state index in [-0.39, 0.29) is 0 Å². The van der Waals surface area contributed by atoms with E-state index >= 15 is 0 Å². The van der Waals surface area contributed by atoms with Gasteiger partial charge in [0.1, 0.15) is 0 Å². The second kappa shape index (κ2) is 9.26. The molecule has 1 fully saturated rings. The SMILES string of the molecule is CC(C)(C)NS(=O)(=O)c1ccc(CC2CCCCC2)c(NCc2ccncc2)c1. The molecule has 1 aliphatic rings. The first-order valence-corrected chi connectivity index (χ1v) is 12.0. The van der Waals surface area contributed by atoms with Gasteiger partial charge in [-0.2, -0.15) is 0 Å². The molecule has 0 atom stereocenters. The van der Waals surface area contributed by atoms with Crippen molar-refractivity contribution in [2.75, 3.05) is 5.32 Å².